The van der Waals surface area contributed by atoms with Crippen LogP contribution in [-0.2, 0) is 22.8 Å². The minimum Gasteiger partial charge on any atom is -0.493 e. The first-order valence-electron chi connectivity index (χ1n) is 10.9. The lowest BCUT2D eigenvalue weighted by molar-refractivity contribution is 0.159. The fourth-order valence-corrected chi connectivity index (χ4v) is 7.01. The average molecular weight is 481 g/mol. The summed E-state index contributed by atoms with van der Waals surface area (Å²) in [7, 11) is -0.237. The van der Waals surface area contributed by atoms with Gasteiger partial charge in [0.05, 0.1) is 19.1 Å². The quantitative estimate of drug-likeness (QED) is 0.681. The maximum atomic E-state index is 13.9. The Balaban J connectivity index is 0.00000289. The molecular weight excluding hydrogens is 448 g/mol. The second kappa shape index (κ2) is 10.4. The van der Waals surface area contributed by atoms with Crippen LogP contribution in [0, 0.1) is 12.8 Å². The van der Waals surface area contributed by atoms with Crippen molar-refractivity contribution < 1.29 is 17.9 Å². The largest absolute Gasteiger partial charge is 0.493 e. The molecular formula is C24H33ClN2O4S. The molecule has 1 unspecified atom stereocenters. The van der Waals surface area contributed by atoms with Crippen LogP contribution in [0.25, 0.3) is 0 Å². The van der Waals surface area contributed by atoms with E-state index in [-0.39, 0.29) is 18.3 Å². The molecule has 1 fully saturated rings. The summed E-state index contributed by atoms with van der Waals surface area (Å²) in [4.78, 5) is 2.58. The third kappa shape index (κ3) is 4.91. The lowest BCUT2D eigenvalue weighted by Gasteiger charge is -2.40. The number of hydrogen-bond donors (Lipinski definition) is 1. The topological polar surface area (TPSA) is 67.9 Å². The van der Waals surface area contributed by atoms with Gasteiger partial charge in [-0.15, -0.1) is 12.4 Å². The molecule has 0 aliphatic carbocycles. The molecule has 0 spiro atoms. The number of sulfone groups is 1. The summed E-state index contributed by atoms with van der Waals surface area (Å²) in [5, 5.41) is 2.84. The van der Waals surface area contributed by atoms with Crippen molar-refractivity contribution in [1.82, 2.24) is 10.2 Å². The van der Waals surface area contributed by atoms with Crippen LogP contribution in [-0.4, -0.2) is 52.5 Å². The number of nitrogens with one attached hydrogen (secondary N) is 1. The molecule has 8 heteroatoms. The Morgan fingerprint density at radius 2 is 1.59 bits per heavy atom. The summed E-state index contributed by atoms with van der Waals surface area (Å²) in [6, 6.07) is 11.3. The Morgan fingerprint density at radius 1 is 1.00 bits per heavy atom. The predicted octanol–water partition coefficient (Wildman–Crippen LogP) is 3.59. The van der Waals surface area contributed by atoms with Crippen molar-refractivity contribution in [3.8, 4) is 11.5 Å². The van der Waals surface area contributed by atoms with E-state index in [2.05, 4.69) is 10.2 Å². The van der Waals surface area contributed by atoms with E-state index in [1.54, 1.807) is 26.4 Å². The number of benzene rings is 2. The van der Waals surface area contributed by atoms with Gasteiger partial charge in [-0.3, -0.25) is 4.90 Å². The smallest absolute Gasteiger partial charge is 0.194 e. The molecule has 2 aliphatic rings. The minimum absolute atomic E-state index is 0. The van der Waals surface area contributed by atoms with Crippen molar-refractivity contribution in [3.63, 3.8) is 0 Å². The van der Waals surface area contributed by atoms with Crippen LogP contribution in [0.2, 0.25) is 0 Å². The third-order valence-corrected chi connectivity index (χ3v) is 8.81. The minimum atomic E-state index is -3.51. The highest BCUT2D eigenvalue weighted by Crippen LogP contribution is 2.37. The van der Waals surface area contributed by atoms with Gasteiger partial charge in [0.2, 0.25) is 0 Å². The van der Waals surface area contributed by atoms with E-state index in [0.29, 0.717) is 23.7 Å². The maximum Gasteiger partial charge on any atom is 0.194 e. The van der Waals surface area contributed by atoms with Crippen molar-refractivity contribution in [3.05, 3.63) is 53.1 Å². The number of fused-ring (bicyclic) bond motifs is 1. The first-order chi connectivity index (χ1) is 14.9. The number of aryl methyl sites for hydroxylation is 1. The Bertz CT molecular complexity index is 1020. The molecule has 6 nitrogen and oxygen atoms in total. The van der Waals surface area contributed by atoms with E-state index in [0.717, 1.165) is 49.2 Å². The molecule has 2 heterocycles. The number of rotatable bonds is 6. The number of ether oxygens (including phenoxy) is 2. The first kappa shape index (κ1) is 24.8. The predicted molar refractivity (Wildman–Crippen MR) is 129 cm³/mol. The second-order valence-corrected chi connectivity index (χ2v) is 10.6. The van der Waals surface area contributed by atoms with Gasteiger partial charge in [0.15, 0.2) is 21.3 Å². The Labute approximate surface area is 197 Å². The Hall–Kier alpha value is -1.80. The fourth-order valence-electron chi connectivity index (χ4n) is 4.87. The maximum absolute atomic E-state index is 13.9. The van der Waals surface area contributed by atoms with E-state index in [4.69, 9.17) is 9.47 Å². The van der Waals surface area contributed by atoms with Crippen molar-refractivity contribution in [2.24, 2.45) is 5.92 Å². The average Bonchev–Trinajstić information content (AvgIpc) is 2.79. The van der Waals surface area contributed by atoms with Crippen molar-refractivity contribution >= 4 is 22.2 Å². The van der Waals surface area contributed by atoms with E-state index in [1.165, 1.54) is 5.56 Å². The zero-order valence-corrected chi connectivity index (χ0v) is 20.6. The summed E-state index contributed by atoms with van der Waals surface area (Å²) >= 11 is 0. The Kier molecular flexibility index (Phi) is 8.09. The third-order valence-electron chi connectivity index (χ3n) is 6.56. The molecule has 4 rings (SSSR count). The molecule has 1 N–H and O–H groups in total. The summed E-state index contributed by atoms with van der Waals surface area (Å²) in [6.07, 6.45) is 2.52. The number of piperidine rings is 1. The molecule has 2 aromatic rings. The number of hydrogen-bond acceptors (Lipinski definition) is 6. The molecule has 0 saturated carbocycles. The molecule has 0 radical (unpaired) electrons. The summed E-state index contributed by atoms with van der Waals surface area (Å²) in [5.41, 5.74) is 3.37. The highest BCUT2D eigenvalue weighted by Gasteiger charge is 2.40. The van der Waals surface area contributed by atoms with E-state index in [9.17, 15) is 8.42 Å². The van der Waals surface area contributed by atoms with Crippen molar-refractivity contribution in [1.29, 1.82) is 0 Å². The van der Waals surface area contributed by atoms with Gasteiger partial charge in [-0.2, -0.15) is 0 Å². The Morgan fingerprint density at radius 3 is 2.19 bits per heavy atom. The lowest BCUT2D eigenvalue weighted by Crippen LogP contribution is -2.50. The van der Waals surface area contributed by atoms with Crippen LogP contribution in [0.15, 0.2) is 41.3 Å². The van der Waals surface area contributed by atoms with Crippen LogP contribution in [0.4, 0.5) is 0 Å². The summed E-state index contributed by atoms with van der Waals surface area (Å²) < 4.78 is 38.7. The van der Waals surface area contributed by atoms with E-state index < -0.39 is 15.2 Å². The number of nitrogens with zero attached hydrogens (tertiary/aromatic N) is 1. The lowest BCUT2D eigenvalue weighted by atomic mass is 9.94. The van der Waals surface area contributed by atoms with Crippen LogP contribution in [0.3, 0.4) is 0 Å². The van der Waals surface area contributed by atoms with E-state index >= 15 is 0 Å². The zero-order valence-electron chi connectivity index (χ0n) is 19.0. The molecule has 32 heavy (non-hydrogen) atoms. The molecule has 0 bridgehead atoms. The molecule has 0 aromatic heterocycles. The molecule has 0 amide bonds. The van der Waals surface area contributed by atoms with Crippen LogP contribution >= 0.6 is 12.4 Å². The van der Waals surface area contributed by atoms with Crippen molar-refractivity contribution in [2.45, 2.75) is 43.0 Å². The zero-order chi connectivity index (χ0) is 22.0. The number of halogens is 1. The second-order valence-electron chi connectivity index (χ2n) is 8.53. The van der Waals surface area contributed by atoms with Crippen LogP contribution in [0.5, 0.6) is 11.5 Å². The SMILES string of the molecule is COc1cc2c(cc1OC)CN(C(C1CCNCC1)S(=O)(=O)c1ccc(C)cc1)CC2.Cl. The molecule has 2 aliphatic heterocycles. The van der Waals surface area contributed by atoms with Gasteiger partial charge >= 0.3 is 0 Å². The van der Waals surface area contributed by atoms with E-state index in [1.807, 2.05) is 31.2 Å². The van der Waals surface area contributed by atoms with Gasteiger partial charge in [0.25, 0.3) is 0 Å². The van der Waals surface area contributed by atoms with Gasteiger partial charge in [0, 0.05) is 13.1 Å². The van der Waals surface area contributed by atoms with Crippen LogP contribution < -0.4 is 14.8 Å². The summed E-state index contributed by atoms with van der Waals surface area (Å²) in [5.74, 6) is 1.51. The van der Waals surface area contributed by atoms with Gasteiger partial charge in [-0.25, -0.2) is 8.42 Å². The van der Waals surface area contributed by atoms with Crippen molar-refractivity contribution in [2.75, 3.05) is 33.9 Å². The van der Waals surface area contributed by atoms with Gasteiger partial charge in [-0.05, 0) is 80.6 Å². The normalized spacial score (nSPS) is 18.3. The van der Waals surface area contributed by atoms with Gasteiger partial charge < -0.3 is 14.8 Å². The monoisotopic (exact) mass is 480 g/mol. The standard InChI is InChI=1S/C24H32N2O4S.ClH/c1-17-4-6-21(7-5-17)31(27,28)24(18-8-11-25-12-9-18)26-13-10-19-14-22(29-2)23(30-3)15-20(19)16-26;/h4-7,14-15,18,24-25H,8-13,16H2,1-3H3;1H. The van der Waals surface area contributed by atoms with Gasteiger partial charge in [-0.1, -0.05) is 17.7 Å². The number of methoxy groups -OCH3 is 2. The summed E-state index contributed by atoms with van der Waals surface area (Å²) in [6.45, 7) is 5.00. The first-order valence-corrected chi connectivity index (χ1v) is 12.5. The molecule has 1 saturated heterocycles. The fraction of sp³-hybridized carbons (Fsp3) is 0.500. The molecule has 2 aromatic carbocycles. The highest BCUT2D eigenvalue weighted by molar-refractivity contribution is 7.92. The van der Waals surface area contributed by atoms with Crippen LogP contribution in [0.1, 0.15) is 29.5 Å². The molecule has 1 atom stereocenters. The molecule has 176 valence electrons. The highest BCUT2D eigenvalue weighted by atomic mass is 35.5. The van der Waals surface area contributed by atoms with Gasteiger partial charge in [0.1, 0.15) is 5.37 Å².